The fourth-order valence-electron chi connectivity index (χ4n) is 1.36. The number of ether oxygens (including phenoxy) is 3. The van der Waals surface area contributed by atoms with E-state index in [1.807, 2.05) is 30.3 Å². The third-order valence-corrected chi connectivity index (χ3v) is 2.73. The number of alkyl halides is 1. The number of rotatable bonds is 4. The predicted octanol–water partition coefficient (Wildman–Crippen LogP) is 2.34. The minimum Gasteiger partial charge on any atom is -0.371 e. The van der Waals surface area contributed by atoms with Gasteiger partial charge in [-0.2, -0.15) is 0 Å². The van der Waals surface area contributed by atoms with E-state index in [0.29, 0.717) is 19.8 Å². The van der Waals surface area contributed by atoms with Gasteiger partial charge in [-0.05, 0) is 28.2 Å². The first-order valence-corrected chi connectivity index (χ1v) is 6.12. The van der Waals surface area contributed by atoms with Crippen LogP contribution >= 0.6 is 22.6 Å². The first-order chi connectivity index (χ1) is 7.34. The molecule has 1 aromatic carbocycles. The van der Waals surface area contributed by atoms with E-state index in [4.69, 9.17) is 14.2 Å². The first kappa shape index (κ1) is 11.3. The van der Waals surface area contributed by atoms with Crippen molar-refractivity contribution in [3.05, 3.63) is 35.9 Å². The van der Waals surface area contributed by atoms with Crippen LogP contribution in [0.5, 0.6) is 0 Å². The Morgan fingerprint density at radius 1 is 1.33 bits per heavy atom. The average molecular weight is 320 g/mol. The summed E-state index contributed by atoms with van der Waals surface area (Å²) in [6, 6.07) is 10.1. The lowest BCUT2D eigenvalue weighted by Gasteiger charge is -2.09. The van der Waals surface area contributed by atoms with Crippen LogP contribution in [0.15, 0.2) is 30.3 Å². The van der Waals surface area contributed by atoms with Gasteiger partial charge in [-0.15, -0.1) is 0 Å². The Morgan fingerprint density at radius 3 is 2.80 bits per heavy atom. The molecule has 0 aliphatic carbocycles. The molecule has 15 heavy (non-hydrogen) atoms. The topological polar surface area (TPSA) is 27.7 Å². The molecule has 1 saturated heterocycles. The van der Waals surface area contributed by atoms with Crippen molar-refractivity contribution in [2.45, 2.75) is 17.0 Å². The van der Waals surface area contributed by atoms with E-state index in [1.165, 1.54) is 5.56 Å². The monoisotopic (exact) mass is 320 g/mol. The van der Waals surface area contributed by atoms with Crippen molar-refractivity contribution in [1.29, 1.82) is 0 Å². The largest absolute Gasteiger partial charge is 0.371 e. The van der Waals surface area contributed by atoms with Crippen LogP contribution in [0, 0.1) is 0 Å². The highest BCUT2D eigenvalue weighted by Crippen LogP contribution is 2.17. The minimum atomic E-state index is -0.199. The summed E-state index contributed by atoms with van der Waals surface area (Å²) in [5.74, 6) is 0. The molecule has 0 radical (unpaired) electrons. The van der Waals surface area contributed by atoms with Gasteiger partial charge >= 0.3 is 0 Å². The molecule has 1 aliphatic heterocycles. The van der Waals surface area contributed by atoms with Gasteiger partial charge in [0.2, 0.25) is 0 Å². The number of halogens is 1. The third-order valence-electron chi connectivity index (χ3n) is 2.08. The summed E-state index contributed by atoms with van der Waals surface area (Å²) in [6.07, 6.45) is -0.199. The molecule has 1 fully saturated rings. The second-order valence-corrected chi connectivity index (χ2v) is 4.70. The zero-order chi connectivity index (χ0) is 10.5. The Hall–Kier alpha value is -0.170. The van der Waals surface area contributed by atoms with Crippen LogP contribution in [0.1, 0.15) is 5.56 Å². The highest BCUT2D eigenvalue weighted by molar-refractivity contribution is 14.1. The number of hydrogen-bond donors (Lipinski definition) is 0. The maximum Gasteiger partial charge on any atom is 0.182 e. The van der Waals surface area contributed by atoms with E-state index in [0.717, 1.165) is 0 Å². The van der Waals surface area contributed by atoms with Crippen LogP contribution < -0.4 is 0 Å². The zero-order valence-corrected chi connectivity index (χ0v) is 10.4. The van der Waals surface area contributed by atoms with Crippen molar-refractivity contribution in [3.8, 4) is 0 Å². The molecule has 1 aromatic rings. The van der Waals surface area contributed by atoms with E-state index < -0.39 is 0 Å². The molecule has 82 valence electrons. The van der Waals surface area contributed by atoms with Gasteiger partial charge in [-0.25, -0.2) is 0 Å². The van der Waals surface area contributed by atoms with Crippen LogP contribution in [-0.4, -0.2) is 23.6 Å². The summed E-state index contributed by atoms with van der Waals surface area (Å²) >= 11 is 2.21. The van der Waals surface area contributed by atoms with E-state index >= 15 is 0 Å². The van der Waals surface area contributed by atoms with Crippen molar-refractivity contribution >= 4 is 22.6 Å². The molecular formula is C11H13IO3. The summed E-state index contributed by atoms with van der Waals surface area (Å²) in [7, 11) is 0. The molecule has 1 aliphatic rings. The molecule has 0 N–H and O–H groups in total. The summed E-state index contributed by atoms with van der Waals surface area (Å²) in [5.41, 5.74) is 1.17. The fourth-order valence-corrected chi connectivity index (χ4v) is 1.90. The SMILES string of the molecule is I[C@H]1CO[C@H](COCc2ccccc2)O1. The lowest BCUT2D eigenvalue weighted by molar-refractivity contribution is -0.0990. The molecule has 4 heteroatoms. The Bertz CT molecular complexity index is 291. The van der Waals surface area contributed by atoms with Crippen LogP contribution in [0.3, 0.4) is 0 Å². The zero-order valence-electron chi connectivity index (χ0n) is 8.27. The van der Waals surface area contributed by atoms with Gasteiger partial charge in [0.15, 0.2) is 6.29 Å². The van der Waals surface area contributed by atoms with E-state index in [-0.39, 0.29) is 10.4 Å². The van der Waals surface area contributed by atoms with Crippen LogP contribution in [0.4, 0.5) is 0 Å². The van der Waals surface area contributed by atoms with Gasteiger partial charge in [0.25, 0.3) is 0 Å². The van der Waals surface area contributed by atoms with Crippen molar-refractivity contribution in [2.24, 2.45) is 0 Å². The molecule has 2 atom stereocenters. The molecule has 0 saturated carbocycles. The maximum absolute atomic E-state index is 5.50. The summed E-state index contributed by atoms with van der Waals surface area (Å²) < 4.78 is 16.4. The Labute approximate surface area is 103 Å². The van der Waals surface area contributed by atoms with Gasteiger partial charge in [-0.1, -0.05) is 30.3 Å². The van der Waals surface area contributed by atoms with Gasteiger partial charge in [0, 0.05) is 0 Å². The number of benzene rings is 1. The van der Waals surface area contributed by atoms with Crippen molar-refractivity contribution in [3.63, 3.8) is 0 Å². The molecule has 0 amide bonds. The Morgan fingerprint density at radius 2 is 2.13 bits per heavy atom. The molecule has 1 heterocycles. The van der Waals surface area contributed by atoms with E-state index in [2.05, 4.69) is 22.6 Å². The van der Waals surface area contributed by atoms with Crippen molar-refractivity contribution < 1.29 is 14.2 Å². The molecule has 0 bridgehead atoms. The van der Waals surface area contributed by atoms with Crippen LogP contribution in [0.2, 0.25) is 0 Å². The van der Waals surface area contributed by atoms with Crippen LogP contribution in [0.25, 0.3) is 0 Å². The van der Waals surface area contributed by atoms with E-state index in [9.17, 15) is 0 Å². The summed E-state index contributed by atoms with van der Waals surface area (Å²) in [5, 5.41) is 0. The first-order valence-electron chi connectivity index (χ1n) is 4.87. The second kappa shape index (κ2) is 5.79. The standard InChI is InChI=1S/C11H13IO3/c12-10-7-14-11(15-10)8-13-6-9-4-2-1-3-5-9/h1-5,10-11H,6-8H2/t10-,11+/m1/s1. The van der Waals surface area contributed by atoms with Crippen molar-refractivity contribution in [1.82, 2.24) is 0 Å². The normalized spacial score (nSPS) is 25.7. The molecule has 0 aromatic heterocycles. The quantitative estimate of drug-likeness (QED) is 0.630. The Balaban J connectivity index is 1.67. The summed E-state index contributed by atoms with van der Waals surface area (Å²) in [4.78, 5) is 0. The van der Waals surface area contributed by atoms with Gasteiger partial charge < -0.3 is 14.2 Å². The lowest BCUT2D eigenvalue weighted by Crippen LogP contribution is -2.16. The molecule has 3 nitrogen and oxygen atoms in total. The maximum atomic E-state index is 5.50. The van der Waals surface area contributed by atoms with Crippen LogP contribution in [-0.2, 0) is 20.8 Å². The molecule has 0 spiro atoms. The molecular weight excluding hydrogens is 307 g/mol. The molecule has 2 rings (SSSR count). The van der Waals surface area contributed by atoms with Gasteiger partial charge in [0.05, 0.1) is 19.8 Å². The van der Waals surface area contributed by atoms with E-state index in [1.54, 1.807) is 0 Å². The third kappa shape index (κ3) is 3.71. The van der Waals surface area contributed by atoms with Gasteiger partial charge in [0.1, 0.15) is 4.11 Å². The highest BCUT2D eigenvalue weighted by atomic mass is 127. The van der Waals surface area contributed by atoms with Gasteiger partial charge in [-0.3, -0.25) is 0 Å². The fraction of sp³-hybridized carbons (Fsp3) is 0.455. The minimum absolute atomic E-state index is 0.160. The smallest absolute Gasteiger partial charge is 0.182 e. The number of hydrogen-bond acceptors (Lipinski definition) is 3. The van der Waals surface area contributed by atoms with Crippen molar-refractivity contribution in [2.75, 3.05) is 13.2 Å². The predicted molar refractivity (Wildman–Crippen MR) is 64.7 cm³/mol. The lowest BCUT2D eigenvalue weighted by atomic mass is 10.2. The highest BCUT2D eigenvalue weighted by Gasteiger charge is 2.23. The molecule has 0 unspecified atom stereocenters. The Kier molecular flexibility index (Phi) is 4.37. The average Bonchev–Trinajstić information content (AvgIpc) is 2.66. The second-order valence-electron chi connectivity index (χ2n) is 3.31. The summed E-state index contributed by atoms with van der Waals surface area (Å²) in [6.45, 7) is 1.75.